The molecule has 2 amide bonds. The van der Waals surface area contributed by atoms with Crippen LogP contribution in [0.4, 0.5) is 4.79 Å². The summed E-state index contributed by atoms with van der Waals surface area (Å²) in [6.45, 7) is 8.49. The molecule has 182 valence electrons. The molecule has 3 N–H and O–H groups in total. The lowest BCUT2D eigenvalue weighted by Gasteiger charge is -2.34. The van der Waals surface area contributed by atoms with E-state index in [4.69, 9.17) is 14.6 Å². The number of ether oxygens (including phenoxy) is 2. The van der Waals surface area contributed by atoms with Crippen LogP contribution in [0.25, 0.3) is 0 Å². The van der Waals surface area contributed by atoms with Gasteiger partial charge in [-0.2, -0.15) is 0 Å². The van der Waals surface area contributed by atoms with Crippen molar-refractivity contribution in [2.45, 2.75) is 58.2 Å². The number of rotatable bonds is 6. The molecule has 0 bridgehead atoms. The maximum atomic E-state index is 12.8. The molecular formula is C26H32N2O6. The van der Waals surface area contributed by atoms with Gasteiger partial charge in [0, 0.05) is 23.7 Å². The van der Waals surface area contributed by atoms with E-state index < -0.39 is 35.2 Å². The summed E-state index contributed by atoms with van der Waals surface area (Å²) < 4.78 is 10.1. The molecule has 34 heavy (non-hydrogen) atoms. The Bertz CT molecular complexity index is 1030. The number of benzene rings is 1. The van der Waals surface area contributed by atoms with Gasteiger partial charge in [-0.3, -0.25) is 4.79 Å². The molecule has 0 heterocycles. The van der Waals surface area contributed by atoms with Crippen LogP contribution in [-0.4, -0.2) is 54.0 Å². The first-order chi connectivity index (χ1) is 15.9. The molecular weight excluding hydrogens is 436 g/mol. The molecule has 8 nitrogen and oxygen atoms in total. The minimum atomic E-state index is -1.20. The van der Waals surface area contributed by atoms with E-state index in [2.05, 4.69) is 34.3 Å². The number of methoxy groups -OCH3 is 1. The first kappa shape index (κ1) is 26.8. The molecule has 1 aliphatic carbocycles. The summed E-state index contributed by atoms with van der Waals surface area (Å²) >= 11 is 0. The second-order valence-corrected chi connectivity index (χ2v) is 9.66. The van der Waals surface area contributed by atoms with Crippen LogP contribution in [0.2, 0.25) is 0 Å². The minimum absolute atomic E-state index is 0.154. The van der Waals surface area contributed by atoms with Crippen molar-refractivity contribution in [1.29, 1.82) is 0 Å². The number of nitrogens with one attached hydrogen (secondary N) is 2. The van der Waals surface area contributed by atoms with Crippen LogP contribution >= 0.6 is 0 Å². The Labute approximate surface area is 200 Å². The number of carbonyl (C=O) groups excluding carboxylic acids is 3. The van der Waals surface area contributed by atoms with Gasteiger partial charge in [0.15, 0.2) is 0 Å². The molecule has 8 heteroatoms. The quantitative estimate of drug-likeness (QED) is 0.436. The highest BCUT2D eigenvalue weighted by molar-refractivity contribution is 5.97. The van der Waals surface area contributed by atoms with Crippen molar-refractivity contribution in [1.82, 2.24) is 10.6 Å². The Balaban J connectivity index is 2.06. The van der Waals surface area contributed by atoms with Gasteiger partial charge in [0.05, 0.1) is 12.6 Å². The molecule has 1 aliphatic rings. The first-order valence-corrected chi connectivity index (χ1v) is 11.0. The molecule has 2 rings (SSSR count). The highest BCUT2D eigenvalue weighted by atomic mass is 16.6. The summed E-state index contributed by atoms with van der Waals surface area (Å²) in [6, 6.07) is 5.34. The number of esters is 1. The van der Waals surface area contributed by atoms with Gasteiger partial charge in [-0.1, -0.05) is 11.8 Å². The van der Waals surface area contributed by atoms with Gasteiger partial charge < -0.3 is 25.2 Å². The van der Waals surface area contributed by atoms with Crippen molar-refractivity contribution >= 4 is 18.0 Å². The Morgan fingerprint density at radius 2 is 1.76 bits per heavy atom. The van der Waals surface area contributed by atoms with Gasteiger partial charge in [0.1, 0.15) is 11.6 Å². The third kappa shape index (κ3) is 8.13. The third-order valence-electron chi connectivity index (χ3n) is 5.09. The van der Waals surface area contributed by atoms with Crippen LogP contribution in [0, 0.1) is 35.5 Å². The normalized spacial score (nSPS) is 17.6. The van der Waals surface area contributed by atoms with Crippen molar-refractivity contribution in [3.8, 4) is 23.7 Å². The molecule has 0 saturated heterocycles. The molecule has 1 aromatic rings. The lowest BCUT2D eigenvalue weighted by atomic mass is 9.94. The van der Waals surface area contributed by atoms with Crippen LogP contribution in [0.15, 0.2) is 24.3 Å². The molecule has 1 aromatic carbocycles. The van der Waals surface area contributed by atoms with E-state index in [0.29, 0.717) is 11.1 Å². The predicted octanol–water partition coefficient (Wildman–Crippen LogP) is 2.24. The molecule has 1 saturated carbocycles. The number of hydrogen-bond donors (Lipinski definition) is 3. The monoisotopic (exact) mass is 468 g/mol. The van der Waals surface area contributed by atoms with Crippen molar-refractivity contribution in [2.75, 3.05) is 13.7 Å². The maximum absolute atomic E-state index is 12.8. The summed E-state index contributed by atoms with van der Waals surface area (Å²) in [5.74, 6) is 10.7. The van der Waals surface area contributed by atoms with E-state index in [9.17, 15) is 14.4 Å². The summed E-state index contributed by atoms with van der Waals surface area (Å²) in [5.41, 5.74) is -0.939. The summed E-state index contributed by atoms with van der Waals surface area (Å²) in [4.78, 5) is 37.5. The second-order valence-electron chi connectivity index (χ2n) is 9.66. The molecule has 1 unspecified atom stereocenters. The molecule has 1 fully saturated rings. The maximum Gasteiger partial charge on any atom is 0.408 e. The summed E-state index contributed by atoms with van der Waals surface area (Å²) in [5, 5.41) is 14.3. The average Bonchev–Trinajstić information content (AvgIpc) is 3.51. The second kappa shape index (κ2) is 11.1. The molecule has 3 atom stereocenters. The van der Waals surface area contributed by atoms with Crippen molar-refractivity contribution in [2.24, 2.45) is 11.8 Å². The van der Waals surface area contributed by atoms with Crippen LogP contribution < -0.4 is 10.6 Å². The van der Waals surface area contributed by atoms with Crippen LogP contribution in [0.1, 0.15) is 57.0 Å². The first-order valence-electron chi connectivity index (χ1n) is 11.0. The number of aliphatic hydroxyl groups excluding tert-OH is 1. The lowest BCUT2D eigenvalue weighted by Crippen LogP contribution is -2.62. The van der Waals surface area contributed by atoms with Gasteiger partial charge in [-0.05, 0) is 83.1 Å². The molecule has 0 radical (unpaired) electrons. The minimum Gasteiger partial charge on any atom is -0.467 e. The van der Waals surface area contributed by atoms with Gasteiger partial charge in [0.25, 0.3) is 5.91 Å². The zero-order valence-electron chi connectivity index (χ0n) is 20.4. The predicted molar refractivity (Wildman–Crippen MR) is 126 cm³/mol. The molecule has 0 spiro atoms. The summed E-state index contributed by atoms with van der Waals surface area (Å²) in [6.07, 6.45) is 0.186. The van der Waals surface area contributed by atoms with E-state index in [-0.39, 0.29) is 18.4 Å². The van der Waals surface area contributed by atoms with Gasteiger partial charge in [-0.15, -0.1) is 0 Å². The van der Waals surface area contributed by atoms with Gasteiger partial charge in [0.2, 0.25) is 0 Å². The highest BCUT2D eigenvalue weighted by Crippen LogP contribution is 2.36. The number of carbonyl (C=O) groups is 3. The Kier molecular flexibility index (Phi) is 8.73. The zero-order valence-corrected chi connectivity index (χ0v) is 20.4. The number of aliphatic hydroxyl groups is 1. The van der Waals surface area contributed by atoms with Gasteiger partial charge in [-0.25, -0.2) is 9.59 Å². The van der Waals surface area contributed by atoms with Crippen LogP contribution in [0.3, 0.4) is 0 Å². The molecule has 0 aliphatic heterocycles. The van der Waals surface area contributed by atoms with E-state index in [1.54, 1.807) is 58.9 Å². The highest BCUT2D eigenvalue weighted by Gasteiger charge is 2.40. The fourth-order valence-electron chi connectivity index (χ4n) is 3.07. The fraction of sp³-hybridized carbons (Fsp3) is 0.500. The van der Waals surface area contributed by atoms with Crippen LogP contribution in [-0.2, 0) is 14.3 Å². The van der Waals surface area contributed by atoms with E-state index in [0.717, 1.165) is 6.42 Å². The Hall–Kier alpha value is -3.49. The summed E-state index contributed by atoms with van der Waals surface area (Å²) in [7, 11) is 1.20. The SMILES string of the molecule is COC(=O)C(NC(=O)c1ccc(C#CC#C[C@H]2C[C@@H]2CO)cc1)C(C)(C)NC(=O)OC(C)(C)C. The fourth-order valence-corrected chi connectivity index (χ4v) is 3.07. The number of amides is 2. The van der Waals surface area contributed by atoms with Crippen LogP contribution in [0.5, 0.6) is 0 Å². The Morgan fingerprint density at radius 1 is 1.12 bits per heavy atom. The topological polar surface area (TPSA) is 114 Å². The Morgan fingerprint density at radius 3 is 2.29 bits per heavy atom. The largest absolute Gasteiger partial charge is 0.467 e. The van der Waals surface area contributed by atoms with Crippen molar-refractivity contribution < 1.29 is 29.0 Å². The van der Waals surface area contributed by atoms with Gasteiger partial charge >= 0.3 is 12.1 Å². The molecule has 0 aromatic heterocycles. The number of hydrogen-bond acceptors (Lipinski definition) is 6. The average molecular weight is 469 g/mol. The van der Waals surface area contributed by atoms with Crippen molar-refractivity contribution in [3.05, 3.63) is 35.4 Å². The smallest absolute Gasteiger partial charge is 0.408 e. The lowest BCUT2D eigenvalue weighted by molar-refractivity contribution is -0.144. The van der Waals surface area contributed by atoms with E-state index in [1.165, 1.54) is 7.11 Å². The zero-order chi connectivity index (χ0) is 25.5. The third-order valence-corrected chi connectivity index (χ3v) is 5.09. The van der Waals surface area contributed by atoms with E-state index >= 15 is 0 Å². The van der Waals surface area contributed by atoms with Crippen molar-refractivity contribution in [3.63, 3.8) is 0 Å². The van der Waals surface area contributed by atoms with E-state index in [1.807, 2.05) is 0 Å². The number of alkyl carbamates (subject to hydrolysis) is 1. The standard InChI is InChI=1S/C26H32N2O6/c1-25(2,3)34-24(32)28-26(4,5)21(23(31)33-6)27-22(30)18-13-11-17(12-14-18)9-7-8-10-19-15-20(19)16-29/h11-14,19-21,29H,15-16H2,1-6H3,(H,27,30)(H,28,32)/t19-,20+,21?/m0/s1.